The molecule has 0 saturated heterocycles. The minimum atomic E-state index is -2.67. The van der Waals surface area contributed by atoms with E-state index >= 15 is 26.3 Å². The van der Waals surface area contributed by atoms with Crippen LogP contribution in [0.1, 0.15) is 203 Å². The van der Waals surface area contributed by atoms with Crippen molar-refractivity contribution >= 4 is 15.9 Å². The molecule has 12 fully saturated rings. The van der Waals surface area contributed by atoms with Crippen molar-refractivity contribution < 1.29 is 46.8 Å². The number of rotatable bonds is 5. The molecule has 0 aromatic rings. The summed E-state index contributed by atoms with van der Waals surface area (Å²) in [5.41, 5.74) is 0.988. The van der Waals surface area contributed by atoms with E-state index in [2.05, 4.69) is 63.4 Å². The molecule has 24 atom stereocenters. The van der Waals surface area contributed by atoms with Crippen LogP contribution >= 0.6 is 15.9 Å². The number of aliphatic hydroxyl groups is 4. The van der Waals surface area contributed by atoms with Crippen molar-refractivity contribution in [3.63, 3.8) is 0 Å². The van der Waals surface area contributed by atoms with Gasteiger partial charge in [0.1, 0.15) is 0 Å². The molecule has 11 heteroatoms. The molecule has 0 bridgehead atoms. The predicted octanol–water partition coefficient (Wildman–Crippen LogP) is 16.8. The second-order valence-electron chi connectivity index (χ2n) is 31.2. The highest BCUT2D eigenvalue weighted by Crippen LogP contribution is 2.71. The van der Waals surface area contributed by atoms with Crippen LogP contribution in [0.15, 0.2) is 36.5 Å². The van der Waals surface area contributed by atoms with Gasteiger partial charge in [-0.1, -0.05) is 67.6 Å². The number of halogens is 7. The zero-order valence-electron chi connectivity index (χ0n) is 48.3. The van der Waals surface area contributed by atoms with E-state index in [-0.39, 0.29) is 103 Å². The van der Waals surface area contributed by atoms with Gasteiger partial charge in [0.25, 0.3) is 17.8 Å². The zero-order chi connectivity index (χ0) is 56.0. The molecule has 0 aromatic carbocycles. The summed E-state index contributed by atoms with van der Waals surface area (Å²) in [7, 11) is 0. The average molecular weight is 1150 g/mol. The van der Waals surface area contributed by atoms with Crippen molar-refractivity contribution in [3.05, 3.63) is 36.5 Å². The highest BCUT2D eigenvalue weighted by atomic mass is 79.9. The Hall–Kier alpha value is -0.880. The Kier molecular flexibility index (Phi) is 15.7. The quantitative estimate of drug-likeness (QED) is 0.126. The van der Waals surface area contributed by atoms with Crippen LogP contribution in [0.2, 0.25) is 0 Å². The monoisotopic (exact) mass is 1150 g/mol. The molecule has 4 nitrogen and oxygen atoms in total. The van der Waals surface area contributed by atoms with Crippen molar-refractivity contribution in [2.75, 3.05) is 11.9 Å². The molecule has 4 N–H and O–H groups in total. The second kappa shape index (κ2) is 20.4. The molecule has 77 heavy (non-hydrogen) atoms. The minimum Gasteiger partial charge on any atom is -0.392 e. The van der Waals surface area contributed by atoms with Gasteiger partial charge in [-0.15, -0.1) is 0 Å². The van der Waals surface area contributed by atoms with Crippen molar-refractivity contribution in [1.82, 2.24) is 0 Å². The molecule has 12 saturated carbocycles. The van der Waals surface area contributed by atoms with Gasteiger partial charge in [0.05, 0.1) is 23.4 Å². The molecule has 438 valence electrons. The van der Waals surface area contributed by atoms with Crippen LogP contribution in [-0.4, -0.2) is 66.9 Å². The maximum Gasteiger partial charge on any atom is 0.251 e. The molecule has 0 amide bonds. The van der Waals surface area contributed by atoms with Gasteiger partial charge >= 0.3 is 0 Å². The van der Waals surface area contributed by atoms with E-state index in [0.717, 1.165) is 101 Å². The lowest BCUT2D eigenvalue weighted by Gasteiger charge is -2.58. The van der Waals surface area contributed by atoms with Crippen LogP contribution in [0.5, 0.6) is 0 Å². The molecule has 0 aromatic heterocycles. The minimum absolute atomic E-state index is 0.00646. The standard InChI is InChI=1S/C22H33BrF2O.C22H34F2O2.C22H34F2O/c1-13(12-23)17-4-5-18-16-10-22(24,25)19-11-20(2,26)8-6-15(19)14(16)7-9-21(17,18)3;1-13(12-25)17-4-5-18-16-10-22(23,24)19-11-20(2,26)8-6-15(19)14(16)7-9-21(17,18)3;1-13(2)17-5-6-18-16-11-22(23,24)19-12-20(3,25)9-7-15(19)14(16)8-10-21(17,18)4/h14-19,26H,1,4-12H2,2-3H3;14-19,25-26H,1,4-12H2,2-3H3;14-19,25H,1,5-12H2,2-4H3/t3*14-,15-,16-,17-,18+,19-,20+,21-/m111/s1. The number of fused-ring (bicyclic) bond motifs is 15. The number of aliphatic hydroxyl groups excluding tert-OH is 1. The molecule has 0 unspecified atom stereocenters. The van der Waals surface area contributed by atoms with Gasteiger partial charge < -0.3 is 20.4 Å². The zero-order valence-corrected chi connectivity index (χ0v) is 49.9. The SMILES string of the molecule is C=C(C)[C@H]1CC[C@H]2[C@@H]3CC(F)(F)[C@@H]4C[C@@](C)(O)CC[C@@H]4[C@H]3CC[C@]12C.C=C(CBr)[C@H]1CC[C@H]2[C@@H]3CC(F)(F)[C@@H]4C[C@@](C)(O)CC[C@@H]4[C@H]3CC[C@]12C.C=C(CO)[C@H]1CC[C@H]2[C@@H]3CC(F)(F)[C@@H]4C[C@@](C)(O)CC[C@@H]4[C@H]3CC[C@]12C. The Balaban J connectivity index is 0.000000131. The molecule has 0 spiro atoms. The van der Waals surface area contributed by atoms with Gasteiger partial charge in [0, 0.05) is 42.3 Å². The number of hydrogen-bond acceptors (Lipinski definition) is 4. The van der Waals surface area contributed by atoms with E-state index in [0.29, 0.717) is 66.6 Å². The lowest BCUT2D eigenvalue weighted by Crippen LogP contribution is -2.57. The fourth-order valence-electron chi connectivity index (χ4n) is 23.3. The number of hydrogen-bond donors (Lipinski definition) is 4. The molecule has 0 heterocycles. The first-order valence-electron chi connectivity index (χ1n) is 31.2. The molecule has 12 aliphatic carbocycles. The van der Waals surface area contributed by atoms with Crippen molar-refractivity contribution in [2.45, 2.75) is 237 Å². The van der Waals surface area contributed by atoms with Crippen LogP contribution < -0.4 is 0 Å². The third-order valence-electron chi connectivity index (χ3n) is 26.8. The van der Waals surface area contributed by atoms with Crippen LogP contribution in [0.4, 0.5) is 26.3 Å². The fourth-order valence-corrected chi connectivity index (χ4v) is 23.7. The van der Waals surface area contributed by atoms with Crippen LogP contribution in [-0.2, 0) is 0 Å². The van der Waals surface area contributed by atoms with Crippen molar-refractivity contribution in [1.29, 1.82) is 0 Å². The van der Waals surface area contributed by atoms with E-state index in [4.69, 9.17) is 0 Å². The van der Waals surface area contributed by atoms with Gasteiger partial charge in [0.2, 0.25) is 0 Å². The fraction of sp³-hybridized carbons (Fsp3) is 0.909. The van der Waals surface area contributed by atoms with E-state index in [1.807, 2.05) is 0 Å². The summed E-state index contributed by atoms with van der Waals surface area (Å²) < 4.78 is 91.1. The van der Waals surface area contributed by atoms with E-state index < -0.39 is 52.3 Å². The van der Waals surface area contributed by atoms with Crippen LogP contribution in [0, 0.1) is 123 Å². The highest BCUT2D eigenvalue weighted by molar-refractivity contribution is 9.09. The molecule has 0 aliphatic heterocycles. The first-order chi connectivity index (χ1) is 35.7. The summed E-state index contributed by atoms with van der Waals surface area (Å²) in [6, 6.07) is 0. The van der Waals surface area contributed by atoms with E-state index in [1.165, 1.54) is 17.6 Å². The molecule has 0 radical (unpaired) electrons. The Morgan fingerprint density at radius 1 is 0.390 bits per heavy atom. The lowest BCUT2D eigenvalue weighted by molar-refractivity contribution is -0.209. The molecule has 12 aliphatic rings. The summed E-state index contributed by atoms with van der Waals surface area (Å²) in [6.45, 7) is 26.9. The molecular weight excluding hydrogens is 1050 g/mol. The first kappa shape index (κ1) is 59.3. The van der Waals surface area contributed by atoms with Crippen LogP contribution in [0.25, 0.3) is 0 Å². The summed E-state index contributed by atoms with van der Waals surface area (Å²) in [5.74, 6) is -5.40. The maximum absolute atomic E-state index is 15.2. The van der Waals surface area contributed by atoms with Crippen LogP contribution in [0.3, 0.4) is 0 Å². The van der Waals surface area contributed by atoms with Crippen molar-refractivity contribution in [3.8, 4) is 0 Å². The van der Waals surface area contributed by atoms with Gasteiger partial charge in [-0.2, -0.15) is 0 Å². The van der Waals surface area contributed by atoms with E-state index in [1.54, 1.807) is 20.8 Å². The van der Waals surface area contributed by atoms with Gasteiger partial charge in [-0.3, -0.25) is 0 Å². The third-order valence-corrected chi connectivity index (χ3v) is 27.5. The summed E-state index contributed by atoms with van der Waals surface area (Å²) in [5, 5.41) is 41.6. The topological polar surface area (TPSA) is 80.9 Å². The second-order valence-corrected chi connectivity index (χ2v) is 31.8. The molecule has 12 rings (SSSR count). The van der Waals surface area contributed by atoms with Gasteiger partial charge in [-0.25, -0.2) is 26.3 Å². The summed E-state index contributed by atoms with van der Waals surface area (Å²) in [4.78, 5) is 0. The van der Waals surface area contributed by atoms with E-state index in [9.17, 15) is 20.4 Å². The first-order valence-corrected chi connectivity index (χ1v) is 32.3. The Labute approximate surface area is 468 Å². The normalized spacial score (nSPS) is 53.2. The smallest absolute Gasteiger partial charge is 0.251 e. The maximum atomic E-state index is 15.2. The Morgan fingerprint density at radius 3 is 0.974 bits per heavy atom. The van der Waals surface area contributed by atoms with Crippen molar-refractivity contribution in [2.24, 2.45) is 123 Å². The predicted molar refractivity (Wildman–Crippen MR) is 299 cm³/mol. The number of alkyl halides is 7. The Morgan fingerprint density at radius 2 is 0.675 bits per heavy atom. The van der Waals surface area contributed by atoms with Gasteiger partial charge in [0.15, 0.2) is 0 Å². The average Bonchev–Trinajstić information content (AvgIpc) is 4.07. The Bertz CT molecular complexity index is 2130. The highest BCUT2D eigenvalue weighted by Gasteiger charge is 2.67. The van der Waals surface area contributed by atoms with Gasteiger partial charge in [-0.05, 0) is 273 Å². The number of allylic oxidation sites excluding steroid dienone is 2. The summed E-state index contributed by atoms with van der Waals surface area (Å²) >= 11 is 3.57. The molecular formula is C66H101BrF6O4. The third kappa shape index (κ3) is 10.2. The largest absolute Gasteiger partial charge is 0.392 e. The lowest BCUT2D eigenvalue weighted by atomic mass is 9.48. The summed E-state index contributed by atoms with van der Waals surface area (Å²) in [6.07, 6.45) is 18.2.